The van der Waals surface area contributed by atoms with E-state index in [-0.39, 0.29) is 36.6 Å². The fourth-order valence-electron chi connectivity index (χ4n) is 2.19. The summed E-state index contributed by atoms with van der Waals surface area (Å²) < 4.78 is 5.42. The Bertz CT molecular complexity index is 310. The summed E-state index contributed by atoms with van der Waals surface area (Å²) >= 11 is 0. The molecule has 6 heteroatoms. The molecule has 1 N–H and O–H groups in total. The SMILES string of the molecule is [B]CC(=O)N(CC(C)=O)C1COCC1NC(C)C. The zero-order chi connectivity index (χ0) is 13.7. The molecule has 2 radical (unpaired) electrons. The fraction of sp³-hybridized carbons (Fsp3) is 0.833. The maximum atomic E-state index is 11.8. The second kappa shape index (κ2) is 6.90. The molecule has 0 aromatic heterocycles. The third-order valence-electron chi connectivity index (χ3n) is 2.89. The van der Waals surface area contributed by atoms with Crippen LogP contribution >= 0.6 is 0 Å². The van der Waals surface area contributed by atoms with Gasteiger partial charge in [0, 0.05) is 6.04 Å². The van der Waals surface area contributed by atoms with Crippen molar-refractivity contribution < 1.29 is 14.3 Å². The summed E-state index contributed by atoms with van der Waals surface area (Å²) in [5, 5.41) is 3.35. The van der Waals surface area contributed by atoms with Crippen LogP contribution in [0, 0.1) is 0 Å². The van der Waals surface area contributed by atoms with Crippen molar-refractivity contribution >= 4 is 19.5 Å². The summed E-state index contributed by atoms with van der Waals surface area (Å²) in [6.45, 7) is 6.64. The molecule has 0 aromatic carbocycles. The molecule has 1 saturated heterocycles. The Morgan fingerprint density at radius 2 is 2.11 bits per heavy atom. The van der Waals surface area contributed by atoms with Crippen LogP contribution in [0.2, 0.25) is 6.32 Å². The van der Waals surface area contributed by atoms with Gasteiger partial charge in [-0.25, -0.2) is 0 Å². The number of amides is 1. The predicted octanol–water partition coefficient (Wildman–Crippen LogP) is -0.244. The molecule has 0 spiro atoms. The van der Waals surface area contributed by atoms with Crippen molar-refractivity contribution in [2.75, 3.05) is 19.8 Å². The number of ether oxygens (including phenoxy) is 1. The first-order chi connectivity index (χ1) is 8.45. The van der Waals surface area contributed by atoms with Gasteiger partial charge in [-0.05, 0) is 13.2 Å². The first kappa shape index (κ1) is 15.2. The number of hydrogen-bond acceptors (Lipinski definition) is 4. The second-order valence-electron chi connectivity index (χ2n) is 4.96. The van der Waals surface area contributed by atoms with Crippen LogP contribution in [0.3, 0.4) is 0 Å². The standard InChI is InChI=1S/C12H21BN2O3/c1-8(2)14-10-6-18-7-11(10)15(5-9(3)16)12(17)4-13/h8,10-11,14H,4-7H2,1-3H3. The van der Waals surface area contributed by atoms with Gasteiger partial charge in [-0.3, -0.25) is 9.59 Å². The van der Waals surface area contributed by atoms with Crippen molar-refractivity contribution in [3.63, 3.8) is 0 Å². The zero-order valence-corrected chi connectivity index (χ0v) is 11.3. The first-order valence-corrected chi connectivity index (χ1v) is 6.28. The predicted molar refractivity (Wildman–Crippen MR) is 69.6 cm³/mol. The Kier molecular flexibility index (Phi) is 5.82. The fourth-order valence-corrected chi connectivity index (χ4v) is 2.19. The number of nitrogens with zero attached hydrogens (tertiary/aromatic N) is 1. The largest absolute Gasteiger partial charge is 0.378 e. The van der Waals surface area contributed by atoms with Crippen LogP contribution in [0.15, 0.2) is 0 Å². The topological polar surface area (TPSA) is 58.6 Å². The maximum absolute atomic E-state index is 11.8. The zero-order valence-electron chi connectivity index (χ0n) is 11.3. The Morgan fingerprint density at radius 1 is 1.44 bits per heavy atom. The normalized spacial score (nSPS) is 23.3. The van der Waals surface area contributed by atoms with Gasteiger partial charge in [0.1, 0.15) is 5.78 Å². The lowest BCUT2D eigenvalue weighted by atomic mass is 10.0. The summed E-state index contributed by atoms with van der Waals surface area (Å²) in [6, 6.07) is 0.235. The molecule has 2 atom stereocenters. The highest BCUT2D eigenvalue weighted by Crippen LogP contribution is 2.15. The van der Waals surface area contributed by atoms with Gasteiger partial charge in [0.15, 0.2) is 0 Å². The quantitative estimate of drug-likeness (QED) is 0.662. The molecular weight excluding hydrogens is 231 g/mol. The molecule has 5 nitrogen and oxygen atoms in total. The molecule has 1 fully saturated rings. The minimum atomic E-state index is -0.212. The second-order valence-corrected chi connectivity index (χ2v) is 4.96. The molecule has 0 bridgehead atoms. The number of nitrogens with one attached hydrogen (secondary N) is 1. The maximum Gasteiger partial charge on any atom is 0.214 e. The van der Waals surface area contributed by atoms with Gasteiger partial charge >= 0.3 is 0 Å². The highest BCUT2D eigenvalue weighted by Gasteiger charge is 2.35. The average molecular weight is 252 g/mol. The van der Waals surface area contributed by atoms with E-state index in [9.17, 15) is 9.59 Å². The van der Waals surface area contributed by atoms with Gasteiger partial charge in [0.05, 0.1) is 39.7 Å². The van der Waals surface area contributed by atoms with Gasteiger partial charge < -0.3 is 15.0 Å². The minimum absolute atomic E-state index is 0.0491. The molecule has 0 saturated carbocycles. The van der Waals surface area contributed by atoms with Crippen LogP contribution in [0.5, 0.6) is 0 Å². The third-order valence-corrected chi connectivity index (χ3v) is 2.89. The van der Waals surface area contributed by atoms with Crippen molar-refractivity contribution in [3.8, 4) is 0 Å². The van der Waals surface area contributed by atoms with E-state index < -0.39 is 0 Å². The van der Waals surface area contributed by atoms with Crippen molar-refractivity contribution in [1.29, 1.82) is 0 Å². The number of rotatable bonds is 6. The number of ketones is 1. The summed E-state index contributed by atoms with van der Waals surface area (Å²) in [5.74, 6) is -0.261. The van der Waals surface area contributed by atoms with E-state index in [1.165, 1.54) is 11.8 Å². The van der Waals surface area contributed by atoms with Crippen LogP contribution in [-0.2, 0) is 14.3 Å². The van der Waals surface area contributed by atoms with Crippen molar-refractivity contribution in [3.05, 3.63) is 0 Å². The van der Waals surface area contributed by atoms with Crippen LogP contribution < -0.4 is 5.32 Å². The lowest BCUT2D eigenvalue weighted by Crippen LogP contribution is -2.54. The Hall–Kier alpha value is -0.875. The summed E-state index contributed by atoms with van der Waals surface area (Å²) in [6.07, 6.45) is -0.0851. The Morgan fingerprint density at radius 3 is 2.61 bits per heavy atom. The Labute approximate surface area is 110 Å². The molecule has 1 aliphatic rings. The number of hydrogen-bond donors (Lipinski definition) is 1. The first-order valence-electron chi connectivity index (χ1n) is 6.28. The molecule has 18 heavy (non-hydrogen) atoms. The lowest BCUT2D eigenvalue weighted by molar-refractivity contribution is -0.135. The van der Waals surface area contributed by atoms with E-state index in [0.717, 1.165) is 0 Å². The lowest BCUT2D eigenvalue weighted by Gasteiger charge is -2.32. The van der Waals surface area contributed by atoms with E-state index >= 15 is 0 Å². The van der Waals surface area contributed by atoms with Crippen molar-refractivity contribution in [2.45, 2.75) is 45.2 Å². The number of carbonyl (C=O) groups excluding carboxylic acids is 2. The molecule has 2 unspecified atom stereocenters. The average Bonchev–Trinajstić information content (AvgIpc) is 2.71. The summed E-state index contributed by atoms with van der Waals surface area (Å²) in [7, 11) is 5.40. The van der Waals surface area contributed by atoms with E-state index in [1.54, 1.807) is 0 Å². The number of carbonyl (C=O) groups is 2. The van der Waals surface area contributed by atoms with Crippen LogP contribution in [0.4, 0.5) is 0 Å². The Balaban J connectivity index is 2.76. The molecule has 1 heterocycles. The minimum Gasteiger partial charge on any atom is -0.378 e. The number of Topliss-reactive ketones (excluding diaryl/α,β-unsaturated/α-hetero) is 1. The van der Waals surface area contributed by atoms with Gasteiger partial charge in [-0.2, -0.15) is 0 Å². The molecule has 1 rings (SSSR count). The molecule has 1 aliphatic heterocycles. The van der Waals surface area contributed by atoms with E-state index in [0.29, 0.717) is 19.3 Å². The van der Waals surface area contributed by atoms with Crippen molar-refractivity contribution in [1.82, 2.24) is 10.2 Å². The van der Waals surface area contributed by atoms with Gasteiger partial charge in [0.2, 0.25) is 5.91 Å². The monoisotopic (exact) mass is 252 g/mol. The molecule has 0 aliphatic carbocycles. The highest BCUT2D eigenvalue weighted by atomic mass is 16.5. The van der Waals surface area contributed by atoms with Gasteiger partial charge in [-0.15, -0.1) is 0 Å². The van der Waals surface area contributed by atoms with E-state index in [1.807, 2.05) is 13.8 Å². The van der Waals surface area contributed by atoms with Crippen LogP contribution in [-0.4, -0.2) is 62.3 Å². The van der Waals surface area contributed by atoms with E-state index in [4.69, 9.17) is 12.6 Å². The molecule has 1 amide bonds. The smallest absolute Gasteiger partial charge is 0.214 e. The third kappa shape index (κ3) is 4.10. The van der Waals surface area contributed by atoms with Crippen molar-refractivity contribution in [2.24, 2.45) is 0 Å². The van der Waals surface area contributed by atoms with Crippen LogP contribution in [0.25, 0.3) is 0 Å². The summed E-state index contributed by atoms with van der Waals surface area (Å²) in [4.78, 5) is 24.6. The molecule has 100 valence electrons. The highest BCUT2D eigenvalue weighted by molar-refractivity contribution is 6.19. The van der Waals surface area contributed by atoms with Gasteiger partial charge in [-0.1, -0.05) is 13.8 Å². The summed E-state index contributed by atoms with van der Waals surface area (Å²) in [5.41, 5.74) is 0. The van der Waals surface area contributed by atoms with E-state index in [2.05, 4.69) is 5.32 Å². The van der Waals surface area contributed by atoms with Gasteiger partial charge in [0.25, 0.3) is 0 Å². The van der Waals surface area contributed by atoms with Crippen LogP contribution in [0.1, 0.15) is 20.8 Å². The molecular formula is C12H21BN2O3. The molecule has 0 aromatic rings.